The Morgan fingerprint density at radius 1 is 1.42 bits per heavy atom. The molecule has 1 saturated carbocycles. The molecule has 0 saturated heterocycles. The van der Waals surface area contributed by atoms with Crippen molar-refractivity contribution in [2.24, 2.45) is 5.92 Å². The second-order valence-electron chi connectivity index (χ2n) is 6.33. The first-order valence-electron chi connectivity index (χ1n) is 8.27. The molecule has 7 heteroatoms. The number of rotatable bonds is 4. The normalized spacial score (nSPS) is 24.2. The van der Waals surface area contributed by atoms with Gasteiger partial charge in [-0.2, -0.15) is 0 Å². The van der Waals surface area contributed by atoms with Gasteiger partial charge in [-0.25, -0.2) is 4.79 Å². The molecule has 1 aromatic carbocycles. The lowest BCUT2D eigenvalue weighted by Crippen LogP contribution is -2.39. The van der Waals surface area contributed by atoms with E-state index in [-0.39, 0.29) is 35.9 Å². The minimum absolute atomic E-state index is 0. The number of halogens is 1. The Morgan fingerprint density at radius 3 is 2.88 bits per heavy atom. The number of benzene rings is 1. The van der Waals surface area contributed by atoms with Crippen LogP contribution in [-0.4, -0.2) is 42.3 Å². The summed E-state index contributed by atoms with van der Waals surface area (Å²) in [6, 6.07) is 8.43. The molecule has 3 rings (SSSR count). The smallest absolute Gasteiger partial charge is 0.407 e. The van der Waals surface area contributed by atoms with E-state index < -0.39 is 6.09 Å². The lowest BCUT2D eigenvalue weighted by atomic mass is 9.89. The Bertz CT molecular complexity index is 771. The third-order valence-electron chi connectivity index (χ3n) is 4.89. The molecule has 1 heterocycles. The van der Waals surface area contributed by atoms with Crippen LogP contribution in [0.4, 0.5) is 4.79 Å². The van der Waals surface area contributed by atoms with Crippen LogP contribution in [0.1, 0.15) is 24.8 Å². The largest absolute Gasteiger partial charge is 0.446 e. The number of H-pyrrole nitrogens is 1. The summed E-state index contributed by atoms with van der Waals surface area (Å²) in [6.07, 6.45) is 7.59. The van der Waals surface area contributed by atoms with E-state index in [2.05, 4.69) is 46.7 Å². The first kappa shape index (κ1) is 21.8. The van der Waals surface area contributed by atoms with Gasteiger partial charge < -0.3 is 25.8 Å². The van der Waals surface area contributed by atoms with Crippen molar-refractivity contribution in [2.75, 3.05) is 13.6 Å². The van der Waals surface area contributed by atoms with Crippen LogP contribution in [-0.2, 0) is 4.74 Å². The van der Waals surface area contributed by atoms with Crippen LogP contribution in [0.5, 0.6) is 0 Å². The fraction of sp³-hybridized carbons (Fsp3) is 0.421. The molecule has 0 spiro atoms. The Morgan fingerprint density at radius 2 is 2.19 bits per heavy atom. The maximum atomic E-state index is 11.8. The van der Waals surface area contributed by atoms with Gasteiger partial charge in [0.25, 0.3) is 0 Å². The number of amides is 1. The van der Waals surface area contributed by atoms with Crippen molar-refractivity contribution in [3.05, 3.63) is 36.0 Å². The molecule has 142 valence electrons. The Hall–Kier alpha value is -2.20. The predicted molar refractivity (Wildman–Crippen MR) is 106 cm³/mol. The fourth-order valence-corrected chi connectivity index (χ4v) is 3.85. The standard InChI is InChI=1S/C19H23N3O2.ClH.H2O/c1-4-9-21-17-12(2)11-15(24-19(23)20-3)16(17)14-7-5-6-13-8-10-22-18(13)14;;/h1,5-8,10,12,15-17,21-22H,9,11H2,2-3H3,(H,20,23);1H;1H2. The molecule has 6 nitrogen and oxygen atoms in total. The Balaban J connectivity index is 0.00000169. The van der Waals surface area contributed by atoms with Gasteiger partial charge in [-0.15, -0.1) is 18.8 Å². The molecule has 0 aliphatic heterocycles. The van der Waals surface area contributed by atoms with E-state index in [1.807, 2.05) is 12.3 Å². The number of aromatic nitrogens is 1. The lowest BCUT2D eigenvalue weighted by Gasteiger charge is -2.27. The highest BCUT2D eigenvalue weighted by Crippen LogP contribution is 2.42. The zero-order valence-corrected chi connectivity index (χ0v) is 15.7. The van der Waals surface area contributed by atoms with Gasteiger partial charge in [0.15, 0.2) is 0 Å². The van der Waals surface area contributed by atoms with Crippen molar-refractivity contribution >= 4 is 29.4 Å². The summed E-state index contributed by atoms with van der Waals surface area (Å²) in [5.41, 5.74) is 2.25. The number of nitrogens with one attached hydrogen (secondary N) is 3. The number of carbonyl (C=O) groups is 1. The van der Waals surface area contributed by atoms with E-state index in [4.69, 9.17) is 11.2 Å². The molecule has 1 aliphatic rings. The van der Waals surface area contributed by atoms with Crippen LogP contribution < -0.4 is 10.6 Å². The number of carbonyl (C=O) groups excluding carboxylic acids is 1. The van der Waals surface area contributed by atoms with Crippen LogP contribution in [0.25, 0.3) is 10.9 Å². The summed E-state index contributed by atoms with van der Waals surface area (Å²) >= 11 is 0. The molecule has 26 heavy (non-hydrogen) atoms. The van der Waals surface area contributed by atoms with Crippen molar-refractivity contribution in [3.63, 3.8) is 0 Å². The SMILES string of the molecule is C#CCNC1C(C)CC(OC(=O)NC)C1c1cccc2cc[nH]c12.Cl.O. The van der Waals surface area contributed by atoms with Crippen molar-refractivity contribution < 1.29 is 15.0 Å². The average molecular weight is 380 g/mol. The van der Waals surface area contributed by atoms with E-state index in [1.54, 1.807) is 7.05 Å². The molecule has 1 fully saturated rings. The van der Waals surface area contributed by atoms with E-state index >= 15 is 0 Å². The molecule has 5 N–H and O–H groups in total. The predicted octanol–water partition coefficient (Wildman–Crippen LogP) is 2.20. The Kier molecular flexibility index (Phi) is 7.97. The van der Waals surface area contributed by atoms with Crippen LogP contribution in [0.15, 0.2) is 30.5 Å². The van der Waals surface area contributed by atoms with Gasteiger partial charge in [0.05, 0.1) is 6.54 Å². The summed E-state index contributed by atoms with van der Waals surface area (Å²) in [5, 5.41) is 7.15. The second-order valence-corrected chi connectivity index (χ2v) is 6.33. The van der Waals surface area contributed by atoms with Crippen molar-refractivity contribution in [3.8, 4) is 12.3 Å². The van der Waals surface area contributed by atoms with Crippen molar-refractivity contribution in [1.82, 2.24) is 15.6 Å². The zero-order chi connectivity index (χ0) is 17.1. The molecular weight excluding hydrogens is 354 g/mol. The highest BCUT2D eigenvalue weighted by molar-refractivity contribution is 5.85. The second kappa shape index (κ2) is 9.48. The number of alkyl carbamates (subject to hydrolysis) is 1. The molecule has 0 bridgehead atoms. The number of ether oxygens (including phenoxy) is 1. The van der Waals surface area contributed by atoms with Crippen molar-refractivity contribution in [1.29, 1.82) is 0 Å². The maximum absolute atomic E-state index is 11.8. The van der Waals surface area contributed by atoms with Crippen LogP contribution >= 0.6 is 12.4 Å². The van der Waals surface area contributed by atoms with Gasteiger partial charge in [-0.1, -0.05) is 31.0 Å². The number of fused-ring (bicyclic) bond motifs is 1. The van der Waals surface area contributed by atoms with Crippen LogP contribution in [0.3, 0.4) is 0 Å². The maximum Gasteiger partial charge on any atom is 0.407 e. The molecular formula is C19H26ClN3O3. The molecule has 1 amide bonds. The highest BCUT2D eigenvalue weighted by atomic mass is 35.5. The van der Waals surface area contributed by atoms with Crippen LogP contribution in [0.2, 0.25) is 0 Å². The number of terminal acetylenes is 1. The number of hydrogen-bond donors (Lipinski definition) is 3. The van der Waals surface area contributed by atoms with Crippen LogP contribution in [0, 0.1) is 18.3 Å². The van der Waals surface area contributed by atoms with E-state index in [1.165, 1.54) is 0 Å². The molecule has 4 unspecified atom stereocenters. The average Bonchev–Trinajstić information content (AvgIpc) is 3.17. The van der Waals surface area contributed by atoms with E-state index in [0.717, 1.165) is 22.9 Å². The van der Waals surface area contributed by atoms with E-state index in [0.29, 0.717) is 12.5 Å². The monoisotopic (exact) mass is 379 g/mol. The quantitative estimate of drug-likeness (QED) is 0.710. The number of aromatic amines is 1. The molecule has 4 atom stereocenters. The molecule has 0 radical (unpaired) electrons. The van der Waals surface area contributed by atoms with Gasteiger partial charge in [-0.05, 0) is 29.4 Å². The fourth-order valence-electron chi connectivity index (χ4n) is 3.85. The Labute approximate surface area is 159 Å². The van der Waals surface area contributed by atoms with Gasteiger partial charge in [0.2, 0.25) is 0 Å². The van der Waals surface area contributed by atoms with Gasteiger partial charge in [-0.3, -0.25) is 0 Å². The zero-order valence-electron chi connectivity index (χ0n) is 14.9. The minimum Gasteiger partial charge on any atom is -0.446 e. The first-order valence-corrected chi connectivity index (χ1v) is 8.27. The van der Waals surface area contributed by atoms with Gasteiger partial charge >= 0.3 is 6.09 Å². The number of hydrogen-bond acceptors (Lipinski definition) is 3. The third-order valence-corrected chi connectivity index (χ3v) is 4.89. The first-order chi connectivity index (χ1) is 11.7. The molecule has 1 aromatic heterocycles. The third kappa shape index (κ3) is 4.13. The summed E-state index contributed by atoms with van der Waals surface area (Å²) in [6.45, 7) is 2.67. The molecule has 1 aliphatic carbocycles. The molecule has 2 aromatic rings. The summed E-state index contributed by atoms with van der Waals surface area (Å²) < 4.78 is 5.68. The van der Waals surface area contributed by atoms with Gasteiger partial charge in [0.1, 0.15) is 6.10 Å². The van der Waals surface area contributed by atoms with Crippen molar-refractivity contribution in [2.45, 2.75) is 31.4 Å². The highest BCUT2D eigenvalue weighted by Gasteiger charge is 2.44. The topological polar surface area (TPSA) is 97.7 Å². The number of para-hydroxylation sites is 1. The van der Waals surface area contributed by atoms with Gasteiger partial charge in [0, 0.05) is 30.7 Å². The summed E-state index contributed by atoms with van der Waals surface area (Å²) in [4.78, 5) is 15.1. The minimum atomic E-state index is -0.395. The summed E-state index contributed by atoms with van der Waals surface area (Å²) in [5.74, 6) is 3.05. The summed E-state index contributed by atoms with van der Waals surface area (Å²) in [7, 11) is 1.58. The van der Waals surface area contributed by atoms with E-state index in [9.17, 15) is 4.79 Å². The lowest BCUT2D eigenvalue weighted by molar-refractivity contribution is 0.0907.